The first-order valence-electron chi connectivity index (χ1n) is 6.84. The number of hydrogen-bond acceptors (Lipinski definition) is 5. The molecule has 0 atom stereocenters. The first-order chi connectivity index (χ1) is 11.9. The van der Waals surface area contributed by atoms with E-state index in [4.69, 9.17) is 50.8 Å². The predicted molar refractivity (Wildman–Crippen MR) is 101 cm³/mol. The predicted octanol–water partition coefficient (Wildman–Crippen LogP) is 6.33. The first kappa shape index (κ1) is 18.5. The van der Waals surface area contributed by atoms with Crippen LogP contribution < -0.4 is 0 Å². The zero-order valence-electron chi connectivity index (χ0n) is 12.3. The molecule has 0 amide bonds. The summed E-state index contributed by atoms with van der Waals surface area (Å²) < 4.78 is 5.53. The van der Waals surface area contributed by atoms with Crippen LogP contribution >= 0.6 is 58.2 Å². The van der Waals surface area contributed by atoms with Crippen LogP contribution in [0.25, 0.3) is 11.5 Å². The molecule has 9 heteroatoms. The lowest BCUT2D eigenvalue weighted by atomic mass is 10.1. The van der Waals surface area contributed by atoms with Crippen molar-refractivity contribution in [2.45, 2.75) is 5.22 Å². The van der Waals surface area contributed by atoms with E-state index in [0.717, 1.165) is 11.8 Å². The summed E-state index contributed by atoms with van der Waals surface area (Å²) >= 11 is 25.0. The largest absolute Gasteiger partial charge is 0.411 e. The highest BCUT2D eigenvalue weighted by Crippen LogP contribution is 2.36. The van der Waals surface area contributed by atoms with E-state index in [1.165, 1.54) is 6.07 Å². The fourth-order valence-electron chi connectivity index (χ4n) is 1.93. The van der Waals surface area contributed by atoms with Crippen LogP contribution in [0.1, 0.15) is 10.4 Å². The Morgan fingerprint density at radius 1 is 1.00 bits per heavy atom. The number of rotatable bonds is 5. The van der Waals surface area contributed by atoms with E-state index < -0.39 is 0 Å². The number of aromatic nitrogens is 2. The Balaban J connectivity index is 1.72. The molecule has 0 radical (unpaired) electrons. The molecule has 3 aromatic rings. The lowest BCUT2D eigenvalue weighted by molar-refractivity contribution is 0.102. The average Bonchev–Trinajstić information content (AvgIpc) is 3.05. The van der Waals surface area contributed by atoms with Crippen LogP contribution in [-0.4, -0.2) is 21.7 Å². The van der Waals surface area contributed by atoms with Crippen molar-refractivity contribution < 1.29 is 9.21 Å². The molecule has 128 valence electrons. The van der Waals surface area contributed by atoms with Gasteiger partial charge in [-0.25, -0.2) is 0 Å². The van der Waals surface area contributed by atoms with Gasteiger partial charge in [-0.3, -0.25) is 4.79 Å². The van der Waals surface area contributed by atoms with Gasteiger partial charge >= 0.3 is 0 Å². The van der Waals surface area contributed by atoms with Gasteiger partial charge < -0.3 is 4.42 Å². The van der Waals surface area contributed by atoms with Gasteiger partial charge in [0.15, 0.2) is 5.78 Å². The van der Waals surface area contributed by atoms with Crippen molar-refractivity contribution in [1.82, 2.24) is 10.2 Å². The van der Waals surface area contributed by atoms with Crippen LogP contribution in [0.15, 0.2) is 46.0 Å². The molecule has 4 nitrogen and oxygen atoms in total. The quantitative estimate of drug-likeness (QED) is 0.267. The summed E-state index contributed by atoms with van der Waals surface area (Å²) in [6.45, 7) is 0. The van der Waals surface area contributed by atoms with E-state index in [1.807, 2.05) is 0 Å². The van der Waals surface area contributed by atoms with Gasteiger partial charge in [-0.05, 0) is 36.4 Å². The Hall–Kier alpha value is -1.24. The zero-order valence-corrected chi connectivity index (χ0v) is 16.1. The lowest BCUT2D eigenvalue weighted by Gasteiger charge is -2.02. The summed E-state index contributed by atoms with van der Waals surface area (Å²) in [5.41, 5.74) is 0.990. The van der Waals surface area contributed by atoms with Crippen LogP contribution in [-0.2, 0) is 0 Å². The number of benzene rings is 2. The summed E-state index contributed by atoms with van der Waals surface area (Å²) in [4.78, 5) is 12.1. The number of carbonyl (C=O) groups is 1. The van der Waals surface area contributed by atoms with E-state index >= 15 is 0 Å². The van der Waals surface area contributed by atoms with E-state index in [9.17, 15) is 4.79 Å². The molecular formula is C16H8Cl4N2O2S. The van der Waals surface area contributed by atoms with Crippen LogP contribution in [0.3, 0.4) is 0 Å². The molecule has 0 aliphatic heterocycles. The smallest absolute Gasteiger partial charge is 0.277 e. The molecule has 3 rings (SSSR count). The summed E-state index contributed by atoms with van der Waals surface area (Å²) in [5.74, 6) is 0.244. The van der Waals surface area contributed by atoms with Gasteiger partial charge in [0.25, 0.3) is 5.22 Å². The topological polar surface area (TPSA) is 56.0 Å². The number of nitrogens with zero attached hydrogens (tertiary/aromatic N) is 2. The van der Waals surface area contributed by atoms with E-state index in [1.54, 1.807) is 30.3 Å². The Kier molecular flexibility index (Phi) is 5.92. The van der Waals surface area contributed by atoms with Crippen LogP contribution in [0.2, 0.25) is 20.1 Å². The van der Waals surface area contributed by atoms with Gasteiger partial charge in [-0.1, -0.05) is 58.2 Å². The maximum atomic E-state index is 12.1. The Morgan fingerprint density at radius 3 is 2.44 bits per heavy atom. The summed E-state index contributed by atoms with van der Waals surface area (Å²) in [5, 5.41) is 9.59. The molecule has 0 aliphatic carbocycles. The summed E-state index contributed by atoms with van der Waals surface area (Å²) in [6, 6.07) is 9.75. The molecular weight excluding hydrogens is 426 g/mol. The van der Waals surface area contributed by atoms with Crippen LogP contribution in [0.5, 0.6) is 0 Å². The highest BCUT2D eigenvalue weighted by Gasteiger charge is 2.17. The highest BCUT2D eigenvalue weighted by atomic mass is 35.5. The second kappa shape index (κ2) is 7.98. The molecule has 0 spiro atoms. The van der Waals surface area contributed by atoms with Crippen molar-refractivity contribution in [2.24, 2.45) is 0 Å². The Morgan fingerprint density at radius 2 is 1.72 bits per heavy atom. The van der Waals surface area contributed by atoms with Gasteiger partial charge in [0.1, 0.15) is 0 Å². The van der Waals surface area contributed by atoms with Crippen molar-refractivity contribution in [3.05, 3.63) is 62.1 Å². The second-order valence-corrected chi connectivity index (χ2v) is 7.43. The second-order valence-electron chi connectivity index (χ2n) is 4.84. The monoisotopic (exact) mass is 432 g/mol. The van der Waals surface area contributed by atoms with Gasteiger partial charge in [0.05, 0.1) is 21.4 Å². The van der Waals surface area contributed by atoms with E-state index in [0.29, 0.717) is 21.2 Å². The van der Waals surface area contributed by atoms with Gasteiger partial charge in [0, 0.05) is 15.6 Å². The number of halogens is 4. The summed E-state index contributed by atoms with van der Waals surface area (Å²) in [6.07, 6.45) is 0. The number of Topliss-reactive ketones (excluding diaryl/α,β-unsaturated/α-hetero) is 1. The molecule has 0 aliphatic rings. The number of hydrogen-bond donors (Lipinski definition) is 0. The lowest BCUT2D eigenvalue weighted by Crippen LogP contribution is -2.01. The number of ketones is 1. The van der Waals surface area contributed by atoms with Crippen molar-refractivity contribution in [1.29, 1.82) is 0 Å². The fourth-order valence-corrected chi connectivity index (χ4v) is 3.40. The van der Waals surface area contributed by atoms with Gasteiger partial charge in [-0.2, -0.15) is 0 Å². The maximum absolute atomic E-state index is 12.1. The molecule has 0 saturated heterocycles. The highest BCUT2D eigenvalue weighted by molar-refractivity contribution is 7.99. The van der Waals surface area contributed by atoms with Crippen molar-refractivity contribution >= 4 is 63.9 Å². The third kappa shape index (κ3) is 4.49. The normalized spacial score (nSPS) is 10.9. The molecule has 0 fully saturated rings. The molecule has 1 aromatic heterocycles. The number of carbonyl (C=O) groups excluding carboxylic acids is 1. The standard InChI is InChI=1S/C16H8Cl4N2O2S/c17-9-3-1-8(2-4-9)13(23)7-25-16-22-21-15(24-16)11-5-10(18)6-12(19)14(11)20/h1-6H,7H2. The summed E-state index contributed by atoms with van der Waals surface area (Å²) in [7, 11) is 0. The van der Waals surface area contributed by atoms with Crippen LogP contribution in [0, 0.1) is 0 Å². The van der Waals surface area contributed by atoms with Gasteiger partial charge in [0.2, 0.25) is 5.89 Å². The molecule has 25 heavy (non-hydrogen) atoms. The maximum Gasteiger partial charge on any atom is 0.277 e. The molecule has 0 N–H and O–H groups in total. The van der Waals surface area contributed by atoms with Gasteiger partial charge in [-0.15, -0.1) is 10.2 Å². The van der Waals surface area contributed by atoms with Crippen LogP contribution in [0.4, 0.5) is 0 Å². The van der Waals surface area contributed by atoms with Crippen molar-refractivity contribution in [3.63, 3.8) is 0 Å². The van der Waals surface area contributed by atoms with Crippen molar-refractivity contribution in [2.75, 3.05) is 5.75 Å². The SMILES string of the molecule is O=C(CSc1nnc(-c2cc(Cl)cc(Cl)c2Cl)o1)c1ccc(Cl)cc1. The minimum absolute atomic E-state index is 0.0785. The molecule has 0 unspecified atom stereocenters. The third-order valence-electron chi connectivity index (χ3n) is 3.12. The van der Waals surface area contributed by atoms with E-state index in [2.05, 4.69) is 10.2 Å². The molecule has 0 saturated carbocycles. The zero-order chi connectivity index (χ0) is 18.0. The number of thioether (sulfide) groups is 1. The average molecular weight is 434 g/mol. The van der Waals surface area contributed by atoms with E-state index in [-0.39, 0.29) is 32.7 Å². The molecule has 2 aromatic carbocycles. The third-order valence-corrected chi connectivity index (χ3v) is 5.21. The minimum atomic E-state index is -0.0785. The van der Waals surface area contributed by atoms with Crippen molar-refractivity contribution in [3.8, 4) is 11.5 Å². The Labute approximate surface area is 167 Å². The molecule has 1 heterocycles. The Bertz CT molecular complexity index is 928. The fraction of sp³-hybridized carbons (Fsp3) is 0.0625. The molecule has 0 bridgehead atoms. The first-order valence-corrected chi connectivity index (χ1v) is 9.34. The minimum Gasteiger partial charge on any atom is -0.411 e.